The van der Waals surface area contributed by atoms with Crippen LogP contribution in [0.1, 0.15) is 42.5 Å². The molecule has 0 saturated carbocycles. The lowest BCUT2D eigenvalue weighted by Gasteiger charge is -2.26. The Labute approximate surface area is 201 Å². The van der Waals surface area contributed by atoms with Crippen LogP contribution >= 0.6 is 11.6 Å². The van der Waals surface area contributed by atoms with Gasteiger partial charge in [0.1, 0.15) is 16.5 Å². The number of fused-ring (bicyclic) bond motifs is 1. The lowest BCUT2D eigenvalue weighted by Crippen LogP contribution is -2.47. The summed E-state index contributed by atoms with van der Waals surface area (Å²) in [7, 11) is 0. The smallest absolute Gasteiger partial charge is 0.270 e. The molecule has 0 aliphatic carbocycles. The van der Waals surface area contributed by atoms with Crippen LogP contribution in [0.3, 0.4) is 0 Å². The molecular weight excluding hydrogens is 452 g/mol. The molecule has 0 radical (unpaired) electrons. The predicted octanol–water partition coefficient (Wildman–Crippen LogP) is 4.18. The number of carbonyl (C=O) groups excluding carboxylic acids is 1. The van der Waals surface area contributed by atoms with Crippen LogP contribution in [0, 0.1) is 18.3 Å². The Bertz CT molecular complexity index is 1430. The Balaban J connectivity index is 1.92. The van der Waals surface area contributed by atoms with Gasteiger partial charge >= 0.3 is 0 Å². The van der Waals surface area contributed by atoms with E-state index in [1.54, 1.807) is 61.8 Å². The third-order valence-electron chi connectivity index (χ3n) is 5.60. The molecule has 3 aromatic heterocycles. The first-order valence-corrected chi connectivity index (χ1v) is 11.0. The van der Waals surface area contributed by atoms with Crippen molar-refractivity contribution in [1.29, 1.82) is 5.26 Å². The van der Waals surface area contributed by atoms with Gasteiger partial charge in [-0.1, -0.05) is 23.7 Å². The van der Waals surface area contributed by atoms with E-state index in [9.17, 15) is 15.2 Å². The first kappa shape index (κ1) is 23.4. The second-order valence-corrected chi connectivity index (χ2v) is 9.05. The molecule has 0 spiro atoms. The topological polar surface area (TPSA) is 116 Å². The maximum Gasteiger partial charge on any atom is 0.270 e. The number of pyridine rings is 1. The Morgan fingerprint density at radius 3 is 2.65 bits per heavy atom. The van der Waals surface area contributed by atoms with E-state index >= 15 is 0 Å². The first-order chi connectivity index (χ1) is 16.1. The van der Waals surface area contributed by atoms with Gasteiger partial charge in [-0.15, -0.1) is 0 Å². The summed E-state index contributed by atoms with van der Waals surface area (Å²) < 4.78 is 1.59. The monoisotopic (exact) mass is 474 g/mol. The highest BCUT2D eigenvalue weighted by Crippen LogP contribution is 2.36. The molecule has 172 valence electrons. The van der Waals surface area contributed by atoms with Crippen LogP contribution in [-0.2, 0) is 0 Å². The molecule has 3 heterocycles. The van der Waals surface area contributed by atoms with Gasteiger partial charge in [0.2, 0.25) is 0 Å². The molecule has 0 aliphatic rings. The summed E-state index contributed by atoms with van der Waals surface area (Å²) in [6.07, 6.45) is 1.66. The number of nitriles is 1. The molecular formula is C25H23ClN6O2. The highest BCUT2D eigenvalue weighted by molar-refractivity contribution is 6.29. The molecule has 0 bridgehead atoms. The van der Waals surface area contributed by atoms with E-state index < -0.39 is 17.6 Å². The molecule has 8 nitrogen and oxygen atoms in total. The van der Waals surface area contributed by atoms with Gasteiger partial charge < -0.3 is 10.4 Å². The van der Waals surface area contributed by atoms with Crippen molar-refractivity contribution in [3.8, 4) is 28.5 Å². The third kappa shape index (κ3) is 4.62. The average Bonchev–Trinajstić information content (AvgIpc) is 3.16. The lowest BCUT2D eigenvalue weighted by molar-refractivity contribution is 0.0407. The Hall–Kier alpha value is -3.80. The van der Waals surface area contributed by atoms with Crippen molar-refractivity contribution in [2.45, 2.75) is 39.3 Å². The number of nitrogens with zero attached hydrogens (tertiary/aromatic N) is 5. The van der Waals surface area contributed by atoms with E-state index in [4.69, 9.17) is 16.7 Å². The highest BCUT2D eigenvalue weighted by atomic mass is 35.5. The summed E-state index contributed by atoms with van der Waals surface area (Å²) in [5.41, 5.74) is 3.46. The average molecular weight is 475 g/mol. The van der Waals surface area contributed by atoms with E-state index in [-0.39, 0.29) is 5.69 Å². The van der Waals surface area contributed by atoms with Crippen LogP contribution < -0.4 is 5.32 Å². The fourth-order valence-electron chi connectivity index (χ4n) is 3.48. The number of amides is 1. The largest absolute Gasteiger partial charge is 0.388 e. The number of halogens is 1. The van der Waals surface area contributed by atoms with Crippen molar-refractivity contribution >= 4 is 23.2 Å². The number of aromatic nitrogens is 4. The van der Waals surface area contributed by atoms with E-state index in [1.807, 2.05) is 19.1 Å². The molecule has 9 heteroatoms. The lowest BCUT2D eigenvalue weighted by atomic mass is 10.00. The second kappa shape index (κ2) is 8.86. The van der Waals surface area contributed by atoms with Crippen LogP contribution in [-0.4, -0.2) is 42.2 Å². The number of benzene rings is 1. The molecule has 34 heavy (non-hydrogen) atoms. The quantitative estimate of drug-likeness (QED) is 0.419. The van der Waals surface area contributed by atoms with Gasteiger partial charge in [-0.25, -0.2) is 14.5 Å². The minimum atomic E-state index is -1.09. The molecule has 0 fully saturated rings. The van der Waals surface area contributed by atoms with Crippen molar-refractivity contribution < 1.29 is 9.90 Å². The minimum Gasteiger partial charge on any atom is -0.388 e. The molecule has 4 aromatic rings. The first-order valence-electron chi connectivity index (χ1n) is 10.6. The van der Waals surface area contributed by atoms with Crippen LogP contribution in [0.5, 0.6) is 0 Å². The summed E-state index contributed by atoms with van der Waals surface area (Å²) in [5.74, 6) is -0.416. The van der Waals surface area contributed by atoms with Crippen molar-refractivity contribution in [3.05, 3.63) is 70.8 Å². The van der Waals surface area contributed by atoms with E-state index in [2.05, 4.69) is 21.4 Å². The fourth-order valence-corrected chi connectivity index (χ4v) is 3.73. The van der Waals surface area contributed by atoms with Crippen molar-refractivity contribution in [2.24, 2.45) is 0 Å². The molecule has 0 aliphatic heterocycles. The van der Waals surface area contributed by atoms with E-state index in [0.717, 1.165) is 11.1 Å². The van der Waals surface area contributed by atoms with Crippen LogP contribution in [0.4, 0.5) is 0 Å². The van der Waals surface area contributed by atoms with Crippen LogP contribution in [0.25, 0.3) is 28.0 Å². The number of rotatable bonds is 5. The van der Waals surface area contributed by atoms with Crippen molar-refractivity contribution in [1.82, 2.24) is 24.9 Å². The fraction of sp³-hybridized carbons (Fsp3) is 0.240. The second-order valence-electron chi connectivity index (χ2n) is 8.67. The van der Waals surface area contributed by atoms with Crippen molar-refractivity contribution in [3.63, 3.8) is 0 Å². The molecule has 0 saturated heterocycles. The maximum atomic E-state index is 12.9. The Morgan fingerprint density at radius 1 is 1.21 bits per heavy atom. The summed E-state index contributed by atoms with van der Waals surface area (Å²) in [6, 6.07) is 13.9. The van der Waals surface area contributed by atoms with Gasteiger partial charge in [0.05, 0.1) is 28.8 Å². The number of nitrogens with one attached hydrogen (secondary N) is 1. The molecule has 0 unspecified atom stereocenters. The molecule has 1 atom stereocenters. The number of carbonyl (C=O) groups is 1. The van der Waals surface area contributed by atoms with E-state index in [0.29, 0.717) is 33.3 Å². The third-order valence-corrected chi connectivity index (χ3v) is 5.79. The number of aryl methyl sites for hydroxylation is 1. The minimum absolute atomic E-state index is 0.180. The SMILES string of the molecule is Cc1cc(-c2c(-c3cccc(C#N)c3)nn3ccc(C(=O)N[C@@H](C)C(C)(C)O)nc23)cc(Cl)n1. The molecule has 1 amide bonds. The zero-order valence-electron chi connectivity index (χ0n) is 19.2. The van der Waals surface area contributed by atoms with Gasteiger partial charge in [0.25, 0.3) is 5.91 Å². The summed E-state index contributed by atoms with van der Waals surface area (Å²) in [6.45, 7) is 6.81. The van der Waals surface area contributed by atoms with Gasteiger partial charge in [-0.3, -0.25) is 4.79 Å². The summed E-state index contributed by atoms with van der Waals surface area (Å²) >= 11 is 6.26. The van der Waals surface area contributed by atoms with Crippen LogP contribution in [0.15, 0.2) is 48.7 Å². The molecule has 4 rings (SSSR count). The number of hydrogen-bond acceptors (Lipinski definition) is 6. The van der Waals surface area contributed by atoms with E-state index in [1.165, 1.54) is 0 Å². The van der Waals surface area contributed by atoms with Crippen molar-refractivity contribution in [2.75, 3.05) is 0 Å². The number of aliphatic hydroxyl groups is 1. The summed E-state index contributed by atoms with van der Waals surface area (Å²) in [4.78, 5) is 21.7. The highest BCUT2D eigenvalue weighted by Gasteiger charge is 2.26. The standard InChI is InChI=1S/C25H23ClN6O2/c1-14-10-18(12-20(26)28-14)21-22(17-7-5-6-16(11-17)13-27)31-32-9-8-19(30-23(21)32)24(33)29-15(2)25(3,4)34/h5-12,15,34H,1-4H3,(H,29,33)/t15-/m0/s1. The van der Waals surface area contributed by atoms with Gasteiger partial charge in [0.15, 0.2) is 5.65 Å². The van der Waals surface area contributed by atoms with Crippen LogP contribution in [0.2, 0.25) is 5.15 Å². The normalized spacial score (nSPS) is 12.4. The van der Waals surface area contributed by atoms with Gasteiger partial charge in [-0.2, -0.15) is 10.4 Å². The van der Waals surface area contributed by atoms with Gasteiger partial charge in [0, 0.05) is 17.5 Å². The molecule has 2 N–H and O–H groups in total. The predicted molar refractivity (Wildman–Crippen MR) is 129 cm³/mol. The maximum absolute atomic E-state index is 12.9. The Morgan fingerprint density at radius 2 is 1.97 bits per heavy atom. The zero-order valence-corrected chi connectivity index (χ0v) is 19.9. The zero-order chi connectivity index (χ0) is 24.6. The molecule has 1 aromatic carbocycles. The number of hydrogen-bond donors (Lipinski definition) is 2. The summed E-state index contributed by atoms with van der Waals surface area (Å²) in [5, 5.41) is 27.3. The van der Waals surface area contributed by atoms with Gasteiger partial charge in [-0.05, 0) is 63.6 Å². The Kier molecular flexibility index (Phi) is 6.09.